The minimum atomic E-state index is -3.71. The number of carbonyl (C=O) groups excluding carboxylic acids is 1. The minimum Gasteiger partial charge on any atom is -0.379 e. The first-order chi connectivity index (χ1) is 11.8. The summed E-state index contributed by atoms with van der Waals surface area (Å²) in [7, 11) is -3.71. The molecule has 134 valence electrons. The van der Waals surface area contributed by atoms with Gasteiger partial charge < -0.3 is 4.74 Å². The van der Waals surface area contributed by atoms with Crippen LogP contribution in [0, 0.1) is 17.4 Å². The monoisotopic (exact) mass is 475 g/mol. The van der Waals surface area contributed by atoms with Crippen LogP contribution >= 0.6 is 22.6 Å². The quantitative estimate of drug-likeness (QED) is 0.633. The van der Waals surface area contributed by atoms with Crippen LogP contribution in [0.4, 0.5) is 0 Å². The zero-order valence-electron chi connectivity index (χ0n) is 13.9. The van der Waals surface area contributed by atoms with Crippen molar-refractivity contribution < 1.29 is 17.9 Å². The molecule has 7 nitrogen and oxygen atoms in total. The van der Waals surface area contributed by atoms with Crippen LogP contribution in [0.3, 0.4) is 0 Å². The molecule has 2 heterocycles. The maximum absolute atomic E-state index is 13.0. The zero-order chi connectivity index (χ0) is 18.2. The summed E-state index contributed by atoms with van der Waals surface area (Å²) in [6.07, 6.45) is 0. The van der Waals surface area contributed by atoms with Gasteiger partial charge in [0.15, 0.2) is 0 Å². The van der Waals surface area contributed by atoms with E-state index in [0.29, 0.717) is 43.3 Å². The maximum atomic E-state index is 13.0. The number of aryl methyl sites for hydroxylation is 1. The number of ether oxygens (including phenoxy) is 1. The first kappa shape index (κ1) is 18.5. The average Bonchev–Trinajstić information content (AvgIpc) is 2.90. The molecule has 25 heavy (non-hydrogen) atoms. The van der Waals surface area contributed by atoms with Gasteiger partial charge in [-0.05, 0) is 48.6 Å². The fourth-order valence-electron chi connectivity index (χ4n) is 2.86. The van der Waals surface area contributed by atoms with Crippen molar-refractivity contribution in [3.05, 3.63) is 44.8 Å². The number of aromatic nitrogens is 2. The minimum absolute atomic E-state index is 0.105. The Kier molecular flexibility index (Phi) is 5.28. The lowest BCUT2D eigenvalue weighted by molar-refractivity contribution is 0.0730. The van der Waals surface area contributed by atoms with E-state index in [1.165, 1.54) is 8.99 Å². The molecule has 0 atom stereocenters. The summed E-state index contributed by atoms with van der Waals surface area (Å²) < 4.78 is 34.5. The van der Waals surface area contributed by atoms with Crippen molar-refractivity contribution in [2.24, 2.45) is 0 Å². The van der Waals surface area contributed by atoms with Crippen LogP contribution in [0.15, 0.2) is 29.2 Å². The number of morpholine rings is 1. The maximum Gasteiger partial charge on any atom is 0.279 e. The van der Waals surface area contributed by atoms with E-state index < -0.39 is 10.0 Å². The molecule has 0 aliphatic carbocycles. The lowest BCUT2D eigenvalue weighted by atomic mass is 10.2. The van der Waals surface area contributed by atoms with Gasteiger partial charge >= 0.3 is 0 Å². The molecule has 1 aliphatic rings. The highest BCUT2D eigenvalue weighted by Crippen LogP contribution is 2.25. The molecular weight excluding hydrogens is 457 g/mol. The summed E-state index contributed by atoms with van der Waals surface area (Å²) in [5, 5.41) is 4.22. The van der Waals surface area contributed by atoms with Gasteiger partial charge in [0.1, 0.15) is 4.90 Å². The summed E-state index contributed by atoms with van der Waals surface area (Å²) in [6, 6.07) is 7.14. The van der Waals surface area contributed by atoms with E-state index in [-0.39, 0.29) is 10.8 Å². The number of halogens is 1. The number of hydrogen-bond donors (Lipinski definition) is 0. The number of carbonyl (C=O) groups is 1. The Morgan fingerprint density at radius 1 is 1.20 bits per heavy atom. The zero-order valence-corrected chi connectivity index (χ0v) is 16.9. The highest BCUT2D eigenvalue weighted by molar-refractivity contribution is 14.1. The molecule has 0 N–H and O–H groups in total. The van der Waals surface area contributed by atoms with E-state index in [0.717, 1.165) is 3.57 Å². The number of nitrogens with zero attached hydrogens (tertiary/aromatic N) is 3. The van der Waals surface area contributed by atoms with Crippen molar-refractivity contribution in [3.8, 4) is 0 Å². The smallest absolute Gasteiger partial charge is 0.279 e. The molecule has 1 saturated heterocycles. The Bertz CT molecular complexity index is 917. The summed E-state index contributed by atoms with van der Waals surface area (Å²) in [5.74, 6) is -0.339. The third kappa shape index (κ3) is 3.37. The molecule has 0 spiro atoms. The molecule has 1 aromatic heterocycles. The Hall–Kier alpha value is -1.30. The predicted molar refractivity (Wildman–Crippen MR) is 100 cm³/mol. The largest absolute Gasteiger partial charge is 0.379 e. The van der Waals surface area contributed by atoms with Gasteiger partial charge in [-0.25, -0.2) is 8.42 Å². The summed E-state index contributed by atoms with van der Waals surface area (Å²) in [5.41, 5.74) is 1.14. The second-order valence-electron chi connectivity index (χ2n) is 5.71. The third-order valence-electron chi connectivity index (χ3n) is 4.09. The predicted octanol–water partition coefficient (Wildman–Crippen LogP) is 1.81. The van der Waals surface area contributed by atoms with E-state index in [1.54, 1.807) is 26.0 Å². The van der Waals surface area contributed by atoms with Crippen LogP contribution in [-0.2, 0) is 14.8 Å². The normalized spacial score (nSPS) is 16.1. The summed E-state index contributed by atoms with van der Waals surface area (Å²) in [6.45, 7) is 4.56. The van der Waals surface area contributed by atoms with Crippen molar-refractivity contribution in [1.82, 2.24) is 14.1 Å². The first-order valence-electron chi connectivity index (χ1n) is 7.77. The second-order valence-corrected chi connectivity index (χ2v) is 8.75. The highest BCUT2D eigenvalue weighted by Gasteiger charge is 2.33. The topological polar surface area (TPSA) is 81.5 Å². The molecule has 0 saturated carbocycles. The van der Waals surface area contributed by atoms with Crippen LogP contribution in [-0.4, -0.2) is 54.7 Å². The summed E-state index contributed by atoms with van der Waals surface area (Å²) >= 11 is 2.08. The van der Waals surface area contributed by atoms with Gasteiger partial charge in [0.2, 0.25) is 10.0 Å². The van der Waals surface area contributed by atoms with Gasteiger partial charge in [0, 0.05) is 16.7 Å². The van der Waals surface area contributed by atoms with E-state index >= 15 is 0 Å². The molecule has 0 radical (unpaired) electrons. The molecule has 1 fully saturated rings. The molecular formula is C16H18IN3O4S. The third-order valence-corrected chi connectivity index (χ3v) is 7.18. The fraction of sp³-hybridized carbons (Fsp3) is 0.375. The number of benzene rings is 1. The standard InChI is InChI=1S/C16H18IN3O4S/c1-11-15(25(22,23)19-7-9-24-10-8-19)12(2)20(18-11)16(21)13-5-3-4-6-14(13)17/h3-6H,7-10H2,1-2H3. The SMILES string of the molecule is Cc1nn(C(=O)c2ccccc2I)c(C)c1S(=O)(=O)N1CCOCC1. The van der Waals surface area contributed by atoms with Gasteiger partial charge in [0.05, 0.1) is 30.2 Å². The Morgan fingerprint density at radius 3 is 2.48 bits per heavy atom. The van der Waals surface area contributed by atoms with Crippen molar-refractivity contribution >= 4 is 38.5 Å². The number of rotatable bonds is 3. The van der Waals surface area contributed by atoms with Gasteiger partial charge in [-0.1, -0.05) is 12.1 Å². The van der Waals surface area contributed by atoms with E-state index in [9.17, 15) is 13.2 Å². The van der Waals surface area contributed by atoms with Crippen molar-refractivity contribution in [3.63, 3.8) is 0 Å². The Balaban J connectivity index is 2.04. The second kappa shape index (κ2) is 7.14. The number of sulfonamides is 1. The highest BCUT2D eigenvalue weighted by atomic mass is 127. The molecule has 9 heteroatoms. The Labute approximate surface area is 160 Å². The van der Waals surface area contributed by atoms with Crippen LogP contribution in [0.5, 0.6) is 0 Å². The lowest BCUT2D eigenvalue weighted by Gasteiger charge is -2.26. The number of hydrogen-bond acceptors (Lipinski definition) is 5. The van der Waals surface area contributed by atoms with E-state index in [2.05, 4.69) is 27.7 Å². The molecule has 3 rings (SSSR count). The first-order valence-corrected chi connectivity index (χ1v) is 10.3. The molecule has 1 aliphatic heterocycles. The van der Waals surface area contributed by atoms with Crippen LogP contribution in [0.25, 0.3) is 0 Å². The van der Waals surface area contributed by atoms with Gasteiger partial charge in [-0.3, -0.25) is 4.79 Å². The molecule has 0 bridgehead atoms. The molecule has 1 aromatic carbocycles. The van der Waals surface area contributed by atoms with E-state index in [1.807, 2.05) is 12.1 Å². The fourth-order valence-corrected chi connectivity index (χ4v) is 5.24. The molecule has 2 aromatic rings. The van der Waals surface area contributed by atoms with Gasteiger partial charge in [-0.2, -0.15) is 14.1 Å². The van der Waals surface area contributed by atoms with Crippen LogP contribution < -0.4 is 0 Å². The van der Waals surface area contributed by atoms with Crippen LogP contribution in [0.2, 0.25) is 0 Å². The average molecular weight is 475 g/mol. The van der Waals surface area contributed by atoms with Gasteiger partial charge in [-0.15, -0.1) is 0 Å². The van der Waals surface area contributed by atoms with Gasteiger partial charge in [0.25, 0.3) is 5.91 Å². The van der Waals surface area contributed by atoms with Crippen molar-refractivity contribution in [2.45, 2.75) is 18.7 Å². The van der Waals surface area contributed by atoms with Crippen LogP contribution in [0.1, 0.15) is 21.7 Å². The molecule has 0 amide bonds. The van der Waals surface area contributed by atoms with E-state index in [4.69, 9.17) is 4.74 Å². The van der Waals surface area contributed by atoms with Crippen molar-refractivity contribution in [1.29, 1.82) is 0 Å². The van der Waals surface area contributed by atoms with Crippen molar-refractivity contribution in [2.75, 3.05) is 26.3 Å². The lowest BCUT2D eigenvalue weighted by Crippen LogP contribution is -2.41. The molecule has 0 unspecified atom stereocenters. The summed E-state index contributed by atoms with van der Waals surface area (Å²) in [4.78, 5) is 12.9. The Morgan fingerprint density at radius 2 is 1.84 bits per heavy atom.